The van der Waals surface area contributed by atoms with Gasteiger partial charge in [0.15, 0.2) is 5.13 Å². The lowest BCUT2D eigenvalue weighted by Gasteiger charge is -2.08. The van der Waals surface area contributed by atoms with Gasteiger partial charge in [-0.15, -0.1) is 0 Å². The lowest BCUT2D eigenvalue weighted by Crippen LogP contribution is -2.22. The number of hydrogen-bond acceptors (Lipinski definition) is 4. The van der Waals surface area contributed by atoms with E-state index in [9.17, 15) is 4.79 Å². The first-order chi connectivity index (χ1) is 8.60. The maximum Gasteiger partial charge on any atom is 0.229 e. The fourth-order valence-corrected chi connectivity index (χ4v) is 2.71. The van der Waals surface area contributed by atoms with Gasteiger partial charge in [-0.05, 0) is 31.2 Å². The molecule has 0 saturated heterocycles. The van der Waals surface area contributed by atoms with E-state index < -0.39 is 0 Å². The third kappa shape index (κ3) is 2.98. The lowest BCUT2D eigenvalue weighted by atomic mass is 10.1. The molecule has 2 rings (SSSR count). The second-order valence-corrected chi connectivity index (χ2v) is 5.57. The molecule has 1 aromatic carbocycles. The number of fused-ring (bicyclic) bond motifs is 1. The molecule has 0 saturated carbocycles. The van der Waals surface area contributed by atoms with Crippen molar-refractivity contribution in [3.8, 4) is 0 Å². The van der Waals surface area contributed by atoms with E-state index in [1.165, 1.54) is 11.3 Å². The van der Waals surface area contributed by atoms with E-state index in [0.717, 1.165) is 10.2 Å². The number of hydrogen-bond donors (Lipinski definition) is 2. The number of anilines is 1. The Bertz CT molecular complexity index is 569. The molecule has 2 aromatic rings. The van der Waals surface area contributed by atoms with Gasteiger partial charge in [0.1, 0.15) is 0 Å². The first-order valence-electron chi connectivity index (χ1n) is 5.67. The van der Waals surface area contributed by atoms with E-state index in [1.807, 2.05) is 19.1 Å². The zero-order chi connectivity index (χ0) is 13.1. The van der Waals surface area contributed by atoms with Crippen molar-refractivity contribution < 1.29 is 4.79 Å². The Hall–Kier alpha value is -1.17. The first kappa shape index (κ1) is 13.3. The second kappa shape index (κ2) is 5.65. The minimum absolute atomic E-state index is 0.0504. The van der Waals surface area contributed by atoms with E-state index in [0.29, 0.717) is 23.1 Å². The van der Waals surface area contributed by atoms with E-state index in [4.69, 9.17) is 17.3 Å². The van der Waals surface area contributed by atoms with Gasteiger partial charge in [0.2, 0.25) is 5.91 Å². The molecular weight excluding hydrogens is 270 g/mol. The molecule has 1 aromatic heterocycles. The quantitative estimate of drug-likeness (QED) is 0.906. The van der Waals surface area contributed by atoms with Crippen molar-refractivity contribution in [2.45, 2.75) is 13.3 Å². The molecule has 0 aliphatic rings. The van der Waals surface area contributed by atoms with Crippen LogP contribution >= 0.6 is 22.9 Å². The molecule has 0 bridgehead atoms. The summed E-state index contributed by atoms with van der Waals surface area (Å²) in [6, 6.07) is 5.47. The lowest BCUT2D eigenvalue weighted by molar-refractivity contribution is -0.119. The van der Waals surface area contributed by atoms with Crippen LogP contribution in [0.3, 0.4) is 0 Å². The zero-order valence-corrected chi connectivity index (χ0v) is 11.5. The van der Waals surface area contributed by atoms with Crippen LogP contribution in [0.15, 0.2) is 18.2 Å². The molecule has 0 aliphatic carbocycles. The molecule has 1 unspecified atom stereocenters. The summed E-state index contributed by atoms with van der Waals surface area (Å²) in [4.78, 5) is 16.2. The van der Waals surface area contributed by atoms with Crippen LogP contribution in [0.4, 0.5) is 5.13 Å². The Kier molecular flexibility index (Phi) is 4.16. The average molecular weight is 284 g/mol. The first-order valence-corrected chi connectivity index (χ1v) is 6.86. The number of nitrogens with zero attached hydrogens (tertiary/aromatic N) is 1. The van der Waals surface area contributed by atoms with Crippen LogP contribution in [0.25, 0.3) is 10.2 Å². The monoisotopic (exact) mass is 283 g/mol. The maximum absolute atomic E-state index is 11.8. The van der Waals surface area contributed by atoms with Gasteiger partial charge in [-0.25, -0.2) is 4.98 Å². The normalized spacial score (nSPS) is 12.6. The van der Waals surface area contributed by atoms with E-state index in [1.54, 1.807) is 6.07 Å². The summed E-state index contributed by atoms with van der Waals surface area (Å²) >= 11 is 7.32. The number of carbonyl (C=O) groups is 1. The van der Waals surface area contributed by atoms with Crippen LogP contribution < -0.4 is 11.1 Å². The fourth-order valence-electron chi connectivity index (χ4n) is 1.56. The van der Waals surface area contributed by atoms with Crippen LogP contribution in [0.5, 0.6) is 0 Å². The SMILES string of the molecule is CC(CCN)C(=O)Nc1nc2ccc(Cl)cc2s1. The summed E-state index contributed by atoms with van der Waals surface area (Å²) < 4.78 is 0.962. The summed E-state index contributed by atoms with van der Waals surface area (Å²) in [5, 5.41) is 4.07. The predicted molar refractivity (Wildman–Crippen MR) is 76.1 cm³/mol. The van der Waals surface area contributed by atoms with Crippen molar-refractivity contribution in [3.63, 3.8) is 0 Å². The van der Waals surface area contributed by atoms with Gasteiger partial charge < -0.3 is 11.1 Å². The minimum atomic E-state index is -0.106. The zero-order valence-electron chi connectivity index (χ0n) is 9.94. The van der Waals surface area contributed by atoms with Gasteiger partial charge in [0.25, 0.3) is 0 Å². The molecular formula is C12H14ClN3OS. The number of halogens is 1. The summed E-state index contributed by atoms with van der Waals surface area (Å²) in [7, 11) is 0. The van der Waals surface area contributed by atoms with Crippen molar-refractivity contribution in [3.05, 3.63) is 23.2 Å². The van der Waals surface area contributed by atoms with Crippen molar-refractivity contribution in [2.24, 2.45) is 11.7 Å². The molecule has 1 amide bonds. The standard InChI is InChI=1S/C12H14ClN3OS/c1-7(4-5-14)11(17)16-12-15-9-3-2-8(13)6-10(9)18-12/h2-3,6-7H,4-5,14H2,1H3,(H,15,16,17). The van der Waals surface area contributed by atoms with Gasteiger partial charge >= 0.3 is 0 Å². The number of carbonyl (C=O) groups excluding carboxylic acids is 1. The Balaban J connectivity index is 2.14. The molecule has 0 aliphatic heterocycles. The number of nitrogens with two attached hydrogens (primary N) is 1. The van der Waals surface area contributed by atoms with Crippen LogP contribution in [0, 0.1) is 5.92 Å². The minimum Gasteiger partial charge on any atom is -0.330 e. The second-order valence-electron chi connectivity index (χ2n) is 4.10. The van der Waals surface area contributed by atoms with Crippen LogP contribution in [0.1, 0.15) is 13.3 Å². The number of amides is 1. The van der Waals surface area contributed by atoms with Crippen molar-refractivity contribution in [1.82, 2.24) is 4.98 Å². The van der Waals surface area contributed by atoms with Crippen molar-refractivity contribution in [1.29, 1.82) is 0 Å². The molecule has 0 fully saturated rings. The van der Waals surface area contributed by atoms with Gasteiger partial charge in [0, 0.05) is 10.9 Å². The predicted octanol–water partition coefficient (Wildman–Crippen LogP) is 2.87. The summed E-state index contributed by atoms with van der Waals surface area (Å²) in [5.74, 6) is -0.156. The third-order valence-electron chi connectivity index (χ3n) is 2.63. The molecule has 0 spiro atoms. The van der Waals surface area contributed by atoms with Gasteiger partial charge in [-0.1, -0.05) is 29.9 Å². The number of rotatable bonds is 4. The fraction of sp³-hybridized carbons (Fsp3) is 0.333. The average Bonchev–Trinajstić information content (AvgIpc) is 2.70. The molecule has 18 heavy (non-hydrogen) atoms. The van der Waals surface area contributed by atoms with Gasteiger partial charge in [0.05, 0.1) is 10.2 Å². The third-order valence-corrected chi connectivity index (χ3v) is 3.80. The maximum atomic E-state index is 11.8. The molecule has 3 N–H and O–H groups in total. The highest BCUT2D eigenvalue weighted by Crippen LogP contribution is 2.28. The van der Waals surface area contributed by atoms with Crippen molar-refractivity contribution >= 4 is 44.2 Å². The highest BCUT2D eigenvalue weighted by Gasteiger charge is 2.14. The smallest absolute Gasteiger partial charge is 0.229 e. The Morgan fingerprint density at radius 2 is 2.39 bits per heavy atom. The summed E-state index contributed by atoms with van der Waals surface area (Å²) in [6.45, 7) is 2.36. The Morgan fingerprint density at radius 3 is 3.11 bits per heavy atom. The topological polar surface area (TPSA) is 68.0 Å². The number of benzene rings is 1. The summed E-state index contributed by atoms with van der Waals surface area (Å²) in [5.41, 5.74) is 6.27. The largest absolute Gasteiger partial charge is 0.330 e. The summed E-state index contributed by atoms with van der Waals surface area (Å²) in [6.07, 6.45) is 0.669. The van der Waals surface area contributed by atoms with E-state index in [-0.39, 0.29) is 11.8 Å². The van der Waals surface area contributed by atoms with Crippen molar-refractivity contribution in [2.75, 3.05) is 11.9 Å². The number of aromatic nitrogens is 1. The molecule has 1 heterocycles. The molecule has 96 valence electrons. The number of thiazole rings is 1. The van der Waals surface area contributed by atoms with E-state index in [2.05, 4.69) is 10.3 Å². The van der Waals surface area contributed by atoms with Crippen LogP contribution in [-0.4, -0.2) is 17.4 Å². The highest BCUT2D eigenvalue weighted by atomic mass is 35.5. The van der Waals surface area contributed by atoms with Crippen LogP contribution in [0.2, 0.25) is 5.02 Å². The molecule has 0 radical (unpaired) electrons. The molecule has 6 heteroatoms. The molecule has 4 nitrogen and oxygen atoms in total. The number of nitrogens with one attached hydrogen (secondary N) is 1. The molecule has 1 atom stereocenters. The van der Waals surface area contributed by atoms with Crippen LogP contribution in [-0.2, 0) is 4.79 Å². The Labute approximate surface area is 114 Å². The highest BCUT2D eigenvalue weighted by molar-refractivity contribution is 7.22. The van der Waals surface area contributed by atoms with E-state index >= 15 is 0 Å². The van der Waals surface area contributed by atoms with Gasteiger partial charge in [-0.2, -0.15) is 0 Å². The Morgan fingerprint density at radius 1 is 1.61 bits per heavy atom. The van der Waals surface area contributed by atoms with Gasteiger partial charge in [-0.3, -0.25) is 4.79 Å².